The molecule has 2 heteroatoms. The Morgan fingerprint density at radius 2 is 1.37 bits per heavy atom. The zero-order chi connectivity index (χ0) is 14.4. The fraction of sp³-hybridized carbons (Fsp3) is 0.882. The maximum atomic E-state index is 6.30. The standard InChI is InChI=1S/C17H36OSi/c1-5-9-11-13-16-19(15-7-3,18-8-4)17-14-12-10-6-2/h7H,3,5-6,8-17H2,1-2,4H3. The van der Waals surface area contributed by atoms with Crippen LogP contribution >= 0.6 is 0 Å². The number of hydrogen-bond acceptors (Lipinski definition) is 1. The molecule has 0 amide bonds. The van der Waals surface area contributed by atoms with Gasteiger partial charge in [0.05, 0.1) is 0 Å². The first-order chi connectivity index (χ1) is 9.24. The van der Waals surface area contributed by atoms with Gasteiger partial charge in [-0.3, -0.25) is 0 Å². The minimum atomic E-state index is -1.51. The Labute approximate surface area is 123 Å². The van der Waals surface area contributed by atoms with Gasteiger partial charge in [0.25, 0.3) is 0 Å². The van der Waals surface area contributed by atoms with Crippen LogP contribution in [0.15, 0.2) is 12.7 Å². The largest absolute Gasteiger partial charge is 0.417 e. The van der Waals surface area contributed by atoms with E-state index in [4.69, 9.17) is 4.43 Å². The molecule has 0 aliphatic rings. The molecule has 0 aromatic rings. The van der Waals surface area contributed by atoms with Crippen molar-refractivity contribution in [1.82, 2.24) is 0 Å². The third kappa shape index (κ3) is 9.45. The average Bonchev–Trinajstić information content (AvgIpc) is 2.41. The van der Waals surface area contributed by atoms with Gasteiger partial charge in [-0.1, -0.05) is 71.3 Å². The Balaban J connectivity index is 4.25. The molecule has 114 valence electrons. The summed E-state index contributed by atoms with van der Waals surface area (Å²) >= 11 is 0. The highest BCUT2D eigenvalue weighted by atomic mass is 28.4. The molecule has 0 radical (unpaired) electrons. The molecule has 0 saturated heterocycles. The van der Waals surface area contributed by atoms with E-state index in [1.54, 1.807) is 0 Å². The second-order valence-corrected chi connectivity index (χ2v) is 9.79. The highest BCUT2D eigenvalue weighted by molar-refractivity contribution is 6.74. The van der Waals surface area contributed by atoms with Gasteiger partial charge in [0.15, 0.2) is 8.32 Å². The van der Waals surface area contributed by atoms with Gasteiger partial charge in [-0.15, -0.1) is 6.58 Å². The van der Waals surface area contributed by atoms with Crippen LogP contribution in [0.3, 0.4) is 0 Å². The minimum absolute atomic E-state index is 0.890. The average molecular weight is 285 g/mol. The third-order valence-corrected chi connectivity index (χ3v) is 8.40. The van der Waals surface area contributed by atoms with Crippen LogP contribution in [0.4, 0.5) is 0 Å². The van der Waals surface area contributed by atoms with Crippen LogP contribution in [-0.4, -0.2) is 14.9 Å². The van der Waals surface area contributed by atoms with Gasteiger partial charge in [0.2, 0.25) is 0 Å². The molecule has 0 aromatic carbocycles. The summed E-state index contributed by atoms with van der Waals surface area (Å²) in [6.45, 7) is 11.6. The molecule has 0 unspecified atom stereocenters. The second kappa shape index (κ2) is 12.9. The van der Waals surface area contributed by atoms with E-state index in [1.807, 2.05) is 0 Å². The highest BCUT2D eigenvalue weighted by Crippen LogP contribution is 2.28. The lowest BCUT2D eigenvalue weighted by molar-refractivity contribution is 0.317. The van der Waals surface area contributed by atoms with Gasteiger partial charge in [-0.2, -0.15) is 0 Å². The molecule has 0 N–H and O–H groups in total. The van der Waals surface area contributed by atoms with Gasteiger partial charge in [0.1, 0.15) is 0 Å². The van der Waals surface area contributed by atoms with E-state index in [-0.39, 0.29) is 0 Å². The molecule has 19 heavy (non-hydrogen) atoms. The van der Waals surface area contributed by atoms with Crippen molar-refractivity contribution in [3.05, 3.63) is 12.7 Å². The predicted molar refractivity (Wildman–Crippen MR) is 90.3 cm³/mol. The van der Waals surface area contributed by atoms with E-state index < -0.39 is 8.32 Å². The Morgan fingerprint density at radius 1 is 0.842 bits per heavy atom. The van der Waals surface area contributed by atoms with Crippen molar-refractivity contribution >= 4 is 8.32 Å². The van der Waals surface area contributed by atoms with Crippen molar-refractivity contribution < 1.29 is 4.43 Å². The Hall–Kier alpha value is -0.0831. The van der Waals surface area contributed by atoms with Crippen LogP contribution in [0.25, 0.3) is 0 Å². The van der Waals surface area contributed by atoms with Crippen LogP contribution in [0.5, 0.6) is 0 Å². The molecule has 0 fully saturated rings. The summed E-state index contributed by atoms with van der Waals surface area (Å²) in [5.74, 6) is 0. The lowest BCUT2D eigenvalue weighted by Gasteiger charge is -2.30. The summed E-state index contributed by atoms with van der Waals surface area (Å²) in [5, 5.41) is 0. The Morgan fingerprint density at radius 3 is 1.74 bits per heavy atom. The van der Waals surface area contributed by atoms with Crippen molar-refractivity contribution in [2.45, 2.75) is 90.3 Å². The first-order valence-corrected chi connectivity index (χ1v) is 11.0. The van der Waals surface area contributed by atoms with E-state index in [0.717, 1.165) is 12.7 Å². The molecule has 0 atom stereocenters. The first kappa shape index (κ1) is 18.9. The van der Waals surface area contributed by atoms with Gasteiger partial charge in [-0.05, 0) is 25.1 Å². The molecule has 0 aliphatic carbocycles. The Bertz CT molecular complexity index is 191. The van der Waals surface area contributed by atoms with Crippen LogP contribution in [0.1, 0.15) is 72.1 Å². The summed E-state index contributed by atoms with van der Waals surface area (Å²) in [7, 11) is -1.51. The SMILES string of the molecule is C=CC[Si](CCCCCC)(CCCCCC)OCC. The van der Waals surface area contributed by atoms with Crippen LogP contribution < -0.4 is 0 Å². The molecule has 0 heterocycles. The van der Waals surface area contributed by atoms with Gasteiger partial charge < -0.3 is 4.43 Å². The fourth-order valence-electron chi connectivity index (χ4n) is 2.85. The summed E-state index contributed by atoms with van der Waals surface area (Å²) in [4.78, 5) is 0. The first-order valence-electron chi connectivity index (χ1n) is 8.49. The van der Waals surface area contributed by atoms with Crippen LogP contribution in [0, 0.1) is 0 Å². The number of allylic oxidation sites excluding steroid dienone is 1. The van der Waals surface area contributed by atoms with E-state index in [2.05, 4.69) is 33.4 Å². The monoisotopic (exact) mass is 284 g/mol. The molecule has 0 rings (SSSR count). The zero-order valence-electron chi connectivity index (χ0n) is 13.7. The fourth-order valence-corrected chi connectivity index (χ4v) is 6.84. The maximum Gasteiger partial charge on any atom is 0.196 e. The molecule has 1 nitrogen and oxygen atoms in total. The normalized spacial score (nSPS) is 11.7. The molecular weight excluding hydrogens is 248 g/mol. The summed E-state index contributed by atoms with van der Waals surface area (Å²) in [5.41, 5.74) is 0. The minimum Gasteiger partial charge on any atom is -0.417 e. The predicted octanol–water partition coefficient (Wildman–Crippen LogP) is 6.32. The lowest BCUT2D eigenvalue weighted by Crippen LogP contribution is -2.37. The Kier molecular flexibility index (Phi) is 12.9. The molecule has 0 spiro atoms. The quantitative estimate of drug-likeness (QED) is 0.206. The maximum absolute atomic E-state index is 6.30. The number of hydrogen-bond donors (Lipinski definition) is 0. The van der Waals surface area contributed by atoms with E-state index >= 15 is 0 Å². The second-order valence-electron chi connectivity index (χ2n) is 5.73. The summed E-state index contributed by atoms with van der Waals surface area (Å²) in [6.07, 6.45) is 13.0. The molecule has 0 aromatic heterocycles. The molecule has 0 bridgehead atoms. The highest BCUT2D eigenvalue weighted by Gasteiger charge is 2.31. The van der Waals surface area contributed by atoms with Gasteiger partial charge >= 0.3 is 0 Å². The lowest BCUT2D eigenvalue weighted by atomic mass is 10.2. The number of rotatable bonds is 14. The van der Waals surface area contributed by atoms with Crippen molar-refractivity contribution in [1.29, 1.82) is 0 Å². The zero-order valence-corrected chi connectivity index (χ0v) is 14.7. The van der Waals surface area contributed by atoms with E-state index in [9.17, 15) is 0 Å². The van der Waals surface area contributed by atoms with Crippen molar-refractivity contribution in [3.8, 4) is 0 Å². The molecule has 0 aliphatic heterocycles. The molecule has 0 saturated carbocycles. The van der Waals surface area contributed by atoms with Crippen molar-refractivity contribution in [3.63, 3.8) is 0 Å². The van der Waals surface area contributed by atoms with Gasteiger partial charge in [0, 0.05) is 6.61 Å². The van der Waals surface area contributed by atoms with Crippen LogP contribution in [0.2, 0.25) is 18.1 Å². The van der Waals surface area contributed by atoms with Crippen molar-refractivity contribution in [2.75, 3.05) is 6.61 Å². The van der Waals surface area contributed by atoms with Crippen molar-refractivity contribution in [2.24, 2.45) is 0 Å². The van der Waals surface area contributed by atoms with E-state index in [0.29, 0.717) is 0 Å². The summed E-state index contributed by atoms with van der Waals surface area (Å²) in [6, 6.07) is 3.84. The smallest absolute Gasteiger partial charge is 0.196 e. The van der Waals surface area contributed by atoms with E-state index in [1.165, 1.54) is 63.5 Å². The topological polar surface area (TPSA) is 9.23 Å². The summed E-state index contributed by atoms with van der Waals surface area (Å²) < 4.78 is 6.30. The van der Waals surface area contributed by atoms with Gasteiger partial charge in [-0.25, -0.2) is 0 Å². The number of unbranched alkanes of at least 4 members (excludes halogenated alkanes) is 6. The third-order valence-electron chi connectivity index (χ3n) is 3.94. The molecular formula is C17H36OSi. The van der Waals surface area contributed by atoms with Crippen LogP contribution in [-0.2, 0) is 4.43 Å².